The molecule has 1 saturated heterocycles. The summed E-state index contributed by atoms with van der Waals surface area (Å²) in [5.74, 6) is -0.379. The first-order chi connectivity index (χ1) is 13.6. The van der Waals surface area contributed by atoms with Crippen molar-refractivity contribution in [1.82, 2.24) is 20.4 Å². The highest BCUT2D eigenvalue weighted by atomic mass is 16.3. The van der Waals surface area contributed by atoms with E-state index < -0.39 is 0 Å². The number of likely N-dealkylation sites (N-methyl/N-ethyl adjacent to an activating group) is 1. The summed E-state index contributed by atoms with van der Waals surface area (Å²) in [7, 11) is 2.16. The Balaban J connectivity index is 1.38. The highest BCUT2D eigenvalue weighted by molar-refractivity contribution is 5.94. The zero-order valence-electron chi connectivity index (χ0n) is 16.3. The van der Waals surface area contributed by atoms with Crippen LogP contribution in [-0.2, 0) is 4.79 Å². The van der Waals surface area contributed by atoms with Crippen LogP contribution in [0.15, 0.2) is 53.1 Å². The fourth-order valence-corrected chi connectivity index (χ4v) is 3.44. The topological polar surface area (TPSA) is 77.8 Å². The minimum Gasteiger partial charge on any atom is -0.459 e. The van der Waals surface area contributed by atoms with Crippen LogP contribution in [0.5, 0.6) is 0 Å². The Hall–Kier alpha value is -2.64. The molecular weight excluding hydrogens is 356 g/mol. The Morgan fingerprint density at radius 3 is 2.68 bits per heavy atom. The lowest BCUT2D eigenvalue weighted by Crippen LogP contribution is -2.47. The van der Waals surface area contributed by atoms with Crippen molar-refractivity contribution in [1.29, 1.82) is 0 Å². The van der Waals surface area contributed by atoms with Crippen molar-refractivity contribution in [3.05, 3.63) is 60.1 Å². The second kappa shape index (κ2) is 10.1. The molecule has 2 aromatic rings. The van der Waals surface area contributed by atoms with Gasteiger partial charge in [0, 0.05) is 38.8 Å². The maximum absolute atomic E-state index is 11.9. The Morgan fingerprint density at radius 1 is 1.11 bits per heavy atom. The fourth-order valence-electron chi connectivity index (χ4n) is 3.44. The third kappa shape index (κ3) is 5.68. The molecule has 2 heterocycles. The normalized spacial score (nSPS) is 18.0. The lowest BCUT2D eigenvalue weighted by atomic mass is 10.0. The number of hydrogen-bond donors (Lipinski definition) is 2. The summed E-state index contributed by atoms with van der Waals surface area (Å²) in [6.45, 7) is 4.53. The Morgan fingerprint density at radius 2 is 1.93 bits per heavy atom. The summed E-state index contributed by atoms with van der Waals surface area (Å²) in [4.78, 5) is 28.5. The van der Waals surface area contributed by atoms with E-state index in [2.05, 4.69) is 51.7 Å². The van der Waals surface area contributed by atoms with Crippen LogP contribution in [0.4, 0.5) is 0 Å². The molecule has 0 spiro atoms. The van der Waals surface area contributed by atoms with Crippen LogP contribution in [0.3, 0.4) is 0 Å². The molecule has 1 aromatic carbocycles. The van der Waals surface area contributed by atoms with Crippen molar-refractivity contribution in [3.63, 3.8) is 0 Å². The van der Waals surface area contributed by atoms with Crippen LogP contribution in [0.2, 0.25) is 0 Å². The highest BCUT2D eigenvalue weighted by Gasteiger charge is 2.25. The lowest BCUT2D eigenvalue weighted by Gasteiger charge is -2.40. The number of carbonyl (C=O) groups excluding carboxylic acids is 2. The van der Waals surface area contributed by atoms with Crippen molar-refractivity contribution in [2.24, 2.45) is 0 Å². The molecule has 1 aromatic heterocycles. The fraction of sp³-hybridized carbons (Fsp3) is 0.429. The highest BCUT2D eigenvalue weighted by Crippen LogP contribution is 2.24. The predicted octanol–water partition coefficient (Wildman–Crippen LogP) is 1.50. The number of nitrogens with zero attached hydrogens (tertiary/aromatic N) is 2. The zero-order valence-corrected chi connectivity index (χ0v) is 16.3. The molecule has 1 aliphatic heterocycles. The van der Waals surface area contributed by atoms with Gasteiger partial charge in [0.1, 0.15) is 0 Å². The van der Waals surface area contributed by atoms with Gasteiger partial charge < -0.3 is 20.0 Å². The molecule has 1 atom stereocenters. The van der Waals surface area contributed by atoms with Gasteiger partial charge in [0.2, 0.25) is 5.91 Å². The van der Waals surface area contributed by atoms with E-state index in [0.29, 0.717) is 12.6 Å². The summed E-state index contributed by atoms with van der Waals surface area (Å²) in [6, 6.07) is 14.1. The number of carbonyl (C=O) groups is 2. The number of rotatable bonds is 8. The molecule has 1 unspecified atom stereocenters. The van der Waals surface area contributed by atoms with Crippen LogP contribution in [-0.4, -0.2) is 67.9 Å². The summed E-state index contributed by atoms with van der Waals surface area (Å²) in [6.07, 6.45) is 2.29. The molecule has 2 N–H and O–H groups in total. The molecule has 0 saturated carbocycles. The number of benzene rings is 1. The third-order valence-corrected chi connectivity index (χ3v) is 4.98. The molecule has 0 bridgehead atoms. The number of hydrogen-bond acceptors (Lipinski definition) is 5. The van der Waals surface area contributed by atoms with Gasteiger partial charge in [-0.1, -0.05) is 30.3 Å². The number of nitrogens with one attached hydrogen (secondary N) is 2. The maximum atomic E-state index is 11.9. The van der Waals surface area contributed by atoms with Gasteiger partial charge in [-0.25, -0.2) is 0 Å². The molecule has 7 heteroatoms. The quantitative estimate of drug-likeness (QED) is 0.675. The van der Waals surface area contributed by atoms with E-state index in [9.17, 15) is 9.59 Å². The van der Waals surface area contributed by atoms with E-state index >= 15 is 0 Å². The third-order valence-electron chi connectivity index (χ3n) is 4.98. The standard InChI is InChI=1S/C21H28N4O3/c1-24-12-13-25(18(16-24)17-7-3-2-4-8-17)11-6-10-22-20(26)15-23-21(27)19-9-5-14-28-19/h2-5,7-9,14,18H,6,10-13,15-16H2,1H3,(H,22,26)(H,23,27). The number of amides is 2. The summed E-state index contributed by atoms with van der Waals surface area (Å²) in [5, 5.41) is 5.41. The second-order valence-corrected chi connectivity index (χ2v) is 7.09. The molecule has 1 fully saturated rings. The minimum atomic E-state index is -0.386. The van der Waals surface area contributed by atoms with Crippen molar-refractivity contribution in [3.8, 4) is 0 Å². The molecule has 0 radical (unpaired) electrons. The Kier molecular flexibility index (Phi) is 7.22. The zero-order chi connectivity index (χ0) is 19.8. The van der Waals surface area contributed by atoms with E-state index in [0.717, 1.165) is 32.6 Å². The molecule has 1 aliphatic rings. The average Bonchev–Trinajstić information content (AvgIpc) is 3.26. The van der Waals surface area contributed by atoms with Gasteiger partial charge in [-0.3, -0.25) is 14.5 Å². The van der Waals surface area contributed by atoms with Gasteiger partial charge in [0.25, 0.3) is 5.91 Å². The molecule has 3 rings (SSSR count). The molecule has 2 amide bonds. The SMILES string of the molecule is CN1CCN(CCCNC(=O)CNC(=O)c2ccco2)C(c2ccccc2)C1. The first-order valence-electron chi connectivity index (χ1n) is 9.69. The van der Waals surface area contributed by atoms with Crippen molar-refractivity contribution in [2.75, 3.05) is 46.3 Å². The van der Waals surface area contributed by atoms with Gasteiger partial charge in [0.15, 0.2) is 5.76 Å². The largest absolute Gasteiger partial charge is 0.459 e. The van der Waals surface area contributed by atoms with E-state index in [-0.39, 0.29) is 24.1 Å². The molecule has 0 aliphatic carbocycles. The van der Waals surface area contributed by atoms with Crippen LogP contribution in [0.25, 0.3) is 0 Å². The average molecular weight is 384 g/mol. The first-order valence-corrected chi connectivity index (χ1v) is 9.69. The van der Waals surface area contributed by atoms with Gasteiger partial charge in [-0.15, -0.1) is 0 Å². The Labute approximate surface area is 165 Å². The number of furan rings is 1. The van der Waals surface area contributed by atoms with Gasteiger partial charge in [-0.05, 0) is 31.2 Å². The van der Waals surface area contributed by atoms with Crippen molar-refractivity contribution < 1.29 is 14.0 Å². The second-order valence-electron chi connectivity index (χ2n) is 7.09. The molecule has 28 heavy (non-hydrogen) atoms. The smallest absolute Gasteiger partial charge is 0.287 e. The number of piperazine rings is 1. The maximum Gasteiger partial charge on any atom is 0.287 e. The van der Waals surface area contributed by atoms with Gasteiger partial charge in [0.05, 0.1) is 12.8 Å². The van der Waals surface area contributed by atoms with Crippen molar-refractivity contribution in [2.45, 2.75) is 12.5 Å². The summed E-state index contributed by atoms with van der Waals surface area (Å²) in [5.41, 5.74) is 1.33. The Bertz CT molecular complexity index is 748. The summed E-state index contributed by atoms with van der Waals surface area (Å²) >= 11 is 0. The van der Waals surface area contributed by atoms with E-state index in [1.807, 2.05) is 6.07 Å². The van der Waals surface area contributed by atoms with E-state index in [1.54, 1.807) is 12.1 Å². The van der Waals surface area contributed by atoms with E-state index in [4.69, 9.17) is 4.42 Å². The molecule has 150 valence electrons. The first kappa shape index (κ1) is 20.1. The molecular formula is C21H28N4O3. The monoisotopic (exact) mass is 384 g/mol. The van der Waals surface area contributed by atoms with Gasteiger partial charge in [-0.2, -0.15) is 0 Å². The van der Waals surface area contributed by atoms with Crippen molar-refractivity contribution >= 4 is 11.8 Å². The van der Waals surface area contributed by atoms with Crippen LogP contribution < -0.4 is 10.6 Å². The van der Waals surface area contributed by atoms with E-state index in [1.165, 1.54) is 11.8 Å². The van der Waals surface area contributed by atoms with Crippen LogP contribution >= 0.6 is 0 Å². The van der Waals surface area contributed by atoms with Gasteiger partial charge >= 0.3 is 0 Å². The predicted molar refractivity (Wildman–Crippen MR) is 107 cm³/mol. The summed E-state index contributed by atoms with van der Waals surface area (Å²) < 4.78 is 4.99. The van der Waals surface area contributed by atoms with Crippen LogP contribution in [0, 0.1) is 0 Å². The molecule has 7 nitrogen and oxygen atoms in total. The minimum absolute atomic E-state index is 0.0549. The van der Waals surface area contributed by atoms with Crippen LogP contribution in [0.1, 0.15) is 28.6 Å². The lowest BCUT2D eigenvalue weighted by molar-refractivity contribution is -0.120.